The van der Waals surface area contributed by atoms with E-state index in [9.17, 15) is 0 Å². The predicted octanol–water partition coefficient (Wildman–Crippen LogP) is 1.53. The van der Waals surface area contributed by atoms with Crippen LogP contribution in [-0.2, 0) is 0 Å². The summed E-state index contributed by atoms with van der Waals surface area (Å²) in [5.74, 6) is 1.89. The number of hydrogen-bond donors (Lipinski definition) is 1. The number of hydrogen-bond acceptors (Lipinski definition) is 6. The third-order valence-electron chi connectivity index (χ3n) is 2.17. The Bertz CT molecular complexity index is 533. The van der Waals surface area contributed by atoms with Crippen LogP contribution in [0.25, 0.3) is 0 Å². The summed E-state index contributed by atoms with van der Waals surface area (Å²) >= 11 is 0. The number of nitrogens with zero attached hydrogens (tertiary/aromatic N) is 5. The summed E-state index contributed by atoms with van der Waals surface area (Å²) in [6.07, 6.45) is 4.92. The Labute approximate surface area is 98.6 Å². The van der Waals surface area contributed by atoms with Gasteiger partial charge in [-0.1, -0.05) is 6.07 Å². The molecule has 2 aromatic heterocycles. The van der Waals surface area contributed by atoms with Crippen LogP contribution < -0.4 is 10.2 Å². The van der Waals surface area contributed by atoms with Crippen molar-refractivity contribution in [3.63, 3.8) is 0 Å². The topological polar surface area (TPSA) is 77.7 Å². The molecule has 0 radical (unpaired) electrons. The van der Waals surface area contributed by atoms with Crippen molar-refractivity contribution in [3.05, 3.63) is 36.8 Å². The molecule has 0 atom stereocenters. The lowest BCUT2D eigenvalue weighted by molar-refractivity contribution is 1.05. The van der Waals surface area contributed by atoms with Gasteiger partial charge >= 0.3 is 0 Å². The number of anilines is 3. The minimum atomic E-state index is 0.459. The van der Waals surface area contributed by atoms with Crippen LogP contribution in [0.2, 0.25) is 0 Å². The van der Waals surface area contributed by atoms with Crippen LogP contribution in [0, 0.1) is 11.5 Å². The van der Waals surface area contributed by atoms with Gasteiger partial charge in [0.15, 0.2) is 6.19 Å². The highest BCUT2D eigenvalue weighted by Crippen LogP contribution is 2.19. The molecule has 6 nitrogen and oxygen atoms in total. The summed E-state index contributed by atoms with van der Waals surface area (Å²) in [4.78, 5) is 14.1. The van der Waals surface area contributed by atoms with Crippen LogP contribution in [-0.4, -0.2) is 22.0 Å². The number of nitrogens with one attached hydrogen (secondary N) is 1. The van der Waals surface area contributed by atoms with Crippen LogP contribution in [0.3, 0.4) is 0 Å². The molecule has 0 bridgehead atoms. The van der Waals surface area contributed by atoms with E-state index < -0.39 is 0 Å². The lowest BCUT2D eigenvalue weighted by Crippen LogP contribution is -2.13. The second-order valence-electron chi connectivity index (χ2n) is 3.25. The van der Waals surface area contributed by atoms with E-state index in [0.29, 0.717) is 11.6 Å². The van der Waals surface area contributed by atoms with Gasteiger partial charge in [0.2, 0.25) is 0 Å². The first-order chi connectivity index (χ1) is 8.31. The van der Waals surface area contributed by atoms with Gasteiger partial charge in [-0.3, -0.25) is 5.32 Å². The van der Waals surface area contributed by atoms with Crippen LogP contribution in [0.15, 0.2) is 36.8 Å². The first-order valence-corrected chi connectivity index (χ1v) is 4.93. The maximum Gasteiger partial charge on any atom is 0.182 e. The zero-order valence-electron chi connectivity index (χ0n) is 9.20. The van der Waals surface area contributed by atoms with Crippen LogP contribution >= 0.6 is 0 Å². The second kappa shape index (κ2) is 4.90. The van der Waals surface area contributed by atoms with Crippen molar-refractivity contribution >= 4 is 17.5 Å². The summed E-state index contributed by atoms with van der Waals surface area (Å²) in [6, 6.07) is 7.30. The molecule has 0 aromatic carbocycles. The third-order valence-corrected chi connectivity index (χ3v) is 2.17. The molecule has 2 heterocycles. The monoisotopic (exact) mass is 226 g/mol. The van der Waals surface area contributed by atoms with Gasteiger partial charge in [0.1, 0.15) is 23.8 Å². The van der Waals surface area contributed by atoms with E-state index in [0.717, 1.165) is 5.82 Å². The standard InChI is InChI=1S/C11H10N6/c1-17(10-4-2-3-5-13-10)11-6-9(14-7-12)15-8-16-11/h2-6,8H,1H3,(H,14,15,16). The number of rotatable bonds is 3. The predicted molar refractivity (Wildman–Crippen MR) is 63.6 cm³/mol. The lowest BCUT2D eigenvalue weighted by Gasteiger charge is -2.16. The molecule has 0 aliphatic rings. The van der Waals surface area contributed by atoms with E-state index >= 15 is 0 Å². The summed E-state index contributed by atoms with van der Waals surface area (Å²) in [6.45, 7) is 0. The highest BCUT2D eigenvalue weighted by atomic mass is 15.2. The minimum Gasteiger partial charge on any atom is -0.314 e. The molecule has 0 amide bonds. The molecule has 17 heavy (non-hydrogen) atoms. The van der Waals surface area contributed by atoms with Crippen molar-refractivity contribution in [2.45, 2.75) is 0 Å². The third kappa shape index (κ3) is 2.46. The Morgan fingerprint density at radius 2 is 2.12 bits per heavy atom. The molecule has 0 aliphatic heterocycles. The van der Waals surface area contributed by atoms with Gasteiger partial charge in [-0.05, 0) is 12.1 Å². The smallest absolute Gasteiger partial charge is 0.182 e. The molecule has 2 rings (SSSR count). The summed E-state index contributed by atoms with van der Waals surface area (Å²) in [7, 11) is 1.85. The van der Waals surface area contributed by atoms with E-state index in [1.54, 1.807) is 12.3 Å². The summed E-state index contributed by atoms with van der Waals surface area (Å²) in [5, 5.41) is 11.0. The first kappa shape index (κ1) is 10.8. The normalized spacial score (nSPS) is 9.41. The maximum absolute atomic E-state index is 8.52. The molecule has 0 spiro atoms. The average Bonchev–Trinajstić information content (AvgIpc) is 2.40. The van der Waals surface area contributed by atoms with Crippen LogP contribution in [0.1, 0.15) is 0 Å². The maximum atomic E-state index is 8.52. The molecule has 6 heteroatoms. The zero-order valence-corrected chi connectivity index (χ0v) is 9.20. The highest BCUT2D eigenvalue weighted by Gasteiger charge is 2.06. The fourth-order valence-corrected chi connectivity index (χ4v) is 1.33. The Hall–Kier alpha value is -2.68. The molecular formula is C11H10N6. The molecule has 2 aromatic rings. The van der Waals surface area contributed by atoms with E-state index in [2.05, 4.69) is 20.3 Å². The quantitative estimate of drug-likeness (QED) is 0.631. The largest absolute Gasteiger partial charge is 0.314 e. The molecule has 0 saturated heterocycles. The fraction of sp³-hybridized carbons (Fsp3) is 0.0909. The summed E-state index contributed by atoms with van der Waals surface area (Å²) < 4.78 is 0. The molecular weight excluding hydrogens is 216 g/mol. The Morgan fingerprint density at radius 1 is 1.24 bits per heavy atom. The molecule has 0 saturated carbocycles. The van der Waals surface area contributed by atoms with Crippen molar-refractivity contribution in [1.29, 1.82) is 5.26 Å². The summed E-state index contributed by atoms with van der Waals surface area (Å²) in [5.41, 5.74) is 0. The van der Waals surface area contributed by atoms with Crippen LogP contribution in [0.4, 0.5) is 17.5 Å². The second-order valence-corrected chi connectivity index (χ2v) is 3.25. The Morgan fingerprint density at radius 3 is 2.82 bits per heavy atom. The van der Waals surface area contributed by atoms with Gasteiger partial charge in [0.25, 0.3) is 0 Å². The first-order valence-electron chi connectivity index (χ1n) is 4.93. The number of pyridine rings is 1. The minimum absolute atomic E-state index is 0.459. The molecule has 1 N–H and O–H groups in total. The van der Waals surface area contributed by atoms with Crippen molar-refractivity contribution in [2.24, 2.45) is 0 Å². The molecule has 84 valence electrons. The zero-order chi connectivity index (χ0) is 12.1. The van der Waals surface area contributed by atoms with E-state index in [4.69, 9.17) is 5.26 Å². The van der Waals surface area contributed by atoms with Crippen molar-refractivity contribution in [3.8, 4) is 6.19 Å². The molecule has 0 aliphatic carbocycles. The van der Waals surface area contributed by atoms with Gasteiger partial charge in [-0.15, -0.1) is 0 Å². The average molecular weight is 226 g/mol. The van der Waals surface area contributed by atoms with Crippen LogP contribution in [0.5, 0.6) is 0 Å². The SMILES string of the molecule is CN(c1ccccn1)c1cc(NC#N)ncn1. The van der Waals surface area contributed by atoms with Gasteiger partial charge in [0, 0.05) is 19.3 Å². The van der Waals surface area contributed by atoms with Gasteiger partial charge in [0.05, 0.1) is 0 Å². The van der Waals surface area contributed by atoms with Gasteiger partial charge in [-0.2, -0.15) is 5.26 Å². The van der Waals surface area contributed by atoms with E-state index in [1.807, 2.05) is 36.3 Å². The number of aromatic nitrogens is 3. The van der Waals surface area contributed by atoms with E-state index in [1.165, 1.54) is 6.33 Å². The van der Waals surface area contributed by atoms with E-state index in [-0.39, 0.29) is 0 Å². The highest BCUT2D eigenvalue weighted by molar-refractivity contribution is 5.58. The van der Waals surface area contributed by atoms with Gasteiger partial charge < -0.3 is 4.90 Å². The molecule has 0 fully saturated rings. The van der Waals surface area contributed by atoms with Crippen molar-refractivity contribution < 1.29 is 0 Å². The fourth-order valence-electron chi connectivity index (χ4n) is 1.33. The molecule has 0 unspecified atom stereocenters. The van der Waals surface area contributed by atoms with Crippen molar-refractivity contribution in [2.75, 3.05) is 17.3 Å². The number of nitriles is 1. The Balaban J connectivity index is 2.28. The van der Waals surface area contributed by atoms with Gasteiger partial charge in [-0.25, -0.2) is 15.0 Å². The lowest BCUT2D eigenvalue weighted by atomic mass is 10.4. The van der Waals surface area contributed by atoms with Crippen molar-refractivity contribution in [1.82, 2.24) is 15.0 Å². The Kier molecular flexibility index (Phi) is 3.12.